The molecule has 0 aromatic carbocycles. The van der Waals surface area contributed by atoms with Crippen molar-refractivity contribution >= 4 is 35.4 Å². The van der Waals surface area contributed by atoms with Gasteiger partial charge in [0.05, 0.1) is 39.6 Å². The molecule has 30 atom stereocenters. The second-order valence-corrected chi connectivity index (χ2v) is 21.8. The number of amides is 6. The van der Waals surface area contributed by atoms with Crippen molar-refractivity contribution in [2.45, 2.75) is 184 Å². The van der Waals surface area contributed by atoms with Crippen LogP contribution in [0.15, 0.2) is 0 Å². The maximum absolute atomic E-state index is 11.1. The smallest absolute Gasteiger partial charge is 0.394 e. The predicted octanol–water partition coefficient (Wildman–Crippen LogP) is -19.1. The number of hydrogen-bond donors (Lipinski definition) is 30. The van der Waals surface area contributed by atoms with E-state index in [-0.39, 0.29) is 20.1 Å². The van der Waals surface area contributed by atoms with Crippen molar-refractivity contribution in [2.75, 3.05) is 78.9 Å². The van der Waals surface area contributed by atoms with Gasteiger partial charge >= 0.3 is 55.5 Å². The molecule has 6 aliphatic heterocycles. The van der Waals surface area contributed by atoms with Gasteiger partial charge in [-0.15, -0.1) is 0 Å². The van der Waals surface area contributed by atoms with Gasteiger partial charge in [-0.3, -0.25) is 28.8 Å². The third-order valence-corrected chi connectivity index (χ3v) is 14.7. The first kappa shape index (κ1) is 96.2. The third kappa shape index (κ3) is 29.6. The van der Waals surface area contributed by atoms with Gasteiger partial charge in [-0.2, -0.15) is 0 Å². The van der Waals surface area contributed by atoms with Crippen LogP contribution in [0.5, 0.6) is 0 Å². The number of aliphatic hydroxyl groups excluding tert-OH is 24. The van der Waals surface area contributed by atoms with Crippen LogP contribution < -0.4 is 31.9 Å². The van der Waals surface area contributed by atoms with E-state index < -0.39 is 298 Å². The fraction of sp³-hybridized carbons (Fsp3) is 0.778. The van der Waals surface area contributed by atoms with Crippen LogP contribution in [0.3, 0.4) is 0 Å². The molecule has 0 saturated carbocycles. The monoisotopic (exact) mass is 1570 g/mol. The summed E-state index contributed by atoms with van der Waals surface area (Å²) in [6.45, 7) is 32.7. The summed E-state index contributed by atoms with van der Waals surface area (Å²) in [6, 6.07) is -7.41. The zero-order chi connectivity index (χ0) is 78.0. The van der Waals surface area contributed by atoms with E-state index in [1.807, 2.05) is 0 Å². The molecule has 0 aromatic rings. The minimum absolute atomic E-state index is 0. The zero-order valence-electron chi connectivity index (χ0n) is 53.5. The number of nitrogens with one attached hydrogen (secondary N) is 6. The zero-order valence-corrected chi connectivity index (χ0v) is 55.4. The van der Waals surface area contributed by atoms with E-state index in [4.69, 9.17) is 98.5 Å². The van der Waals surface area contributed by atoms with E-state index in [2.05, 4.69) is 61.0 Å². The Morgan fingerprint density at radius 1 is 0.233 bits per heavy atom. The van der Waals surface area contributed by atoms with Gasteiger partial charge in [0, 0.05) is 0 Å². The van der Waals surface area contributed by atoms with Crippen LogP contribution in [0, 0.1) is 39.4 Å². The molecule has 48 nitrogen and oxygen atoms in total. The molecule has 30 N–H and O–H groups in total. The van der Waals surface area contributed by atoms with E-state index in [1.54, 1.807) is 0 Å². The molecule has 0 aliphatic carbocycles. The van der Waals surface area contributed by atoms with E-state index in [0.717, 1.165) is 0 Å². The average molecular weight is 1580 g/mol. The fourth-order valence-corrected chi connectivity index (χ4v) is 9.34. The van der Waals surface area contributed by atoms with Crippen molar-refractivity contribution in [1.29, 1.82) is 0 Å². The molecule has 6 saturated heterocycles. The van der Waals surface area contributed by atoms with Gasteiger partial charge < -0.3 is 212 Å². The Hall–Kier alpha value is -6.79. The summed E-state index contributed by atoms with van der Waals surface area (Å²) in [6.07, 6.45) is -33.5. The van der Waals surface area contributed by atoms with Crippen LogP contribution in [-0.4, -0.2) is 421 Å². The van der Waals surface area contributed by atoms with Crippen LogP contribution >= 0.6 is 0 Å². The maximum atomic E-state index is 11.1. The maximum Gasteiger partial charge on any atom is 7.00 e. The molecule has 0 radical (unpaired) electrons. The molecule has 49 heteroatoms. The van der Waals surface area contributed by atoms with Crippen molar-refractivity contribution < 1.29 is 200 Å². The van der Waals surface area contributed by atoms with Crippen LogP contribution in [0.4, 0.5) is 0 Å². The van der Waals surface area contributed by atoms with Gasteiger partial charge in [-0.1, -0.05) is 0 Å². The molecule has 576 valence electrons. The molecular weight excluding hydrogens is 1490 g/mol. The summed E-state index contributed by atoms with van der Waals surface area (Å²) in [7, 11) is 0. The molecular formula is C54H84N12O36Tc+7. The van der Waals surface area contributed by atoms with E-state index in [1.165, 1.54) is 0 Å². The Bertz CT molecular complexity index is 2390. The first-order valence-electron chi connectivity index (χ1n) is 29.6. The van der Waals surface area contributed by atoms with Crippen LogP contribution in [0.25, 0.3) is 29.1 Å². The Kier molecular flexibility index (Phi) is 45.8. The standard InChI is InChI=1S/6C9H14N2O6.Tc/c6*1-10-2-5(13)11-6-8(15)7(14)4(3-12)17-9(6)16;/h6*4,6-9,12,14-16H,2-3H2,(H,11,13);/q;;;;;;+7. The predicted molar refractivity (Wildman–Crippen MR) is 320 cm³/mol. The molecule has 6 fully saturated rings. The number of aliphatic hydroxyl groups is 24. The Balaban J connectivity index is 0.00000121. The van der Waals surface area contributed by atoms with Crippen molar-refractivity contribution in [1.82, 2.24) is 31.9 Å². The average Bonchev–Trinajstić information content (AvgIpc) is 0.863. The summed E-state index contributed by atoms with van der Waals surface area (Å²) < 4.78 is 28.9. The summed E-state index contributed by atoms with van der Waals surface area (Å²) in [5.74, 6) is -4.16. The molecule has 6 heterocycles. The summed E-state index contributed by atoms with van der Waals surface area (Å²) in [5.41, 5.74) is 0. The van der Waals surface area contributed by atoms with Gasteiger partial charge in [0.15, 0.2) is 37.7 Å². The second-order valence-electron chi connectivity index (χ2n) is 21.8. The summed E-state index contributed by atoms with van der Waals surface area (Å²) in [4.78, 5) is 83.8. The quantitative estimate of drug-likeness (QED) is 0.0567. The number of carbonyl (C=O) groups excluding carboxylic acids is 6. The molecule has 103 heavy (non-hydrogen) atoms. The Morgan fingerprint density at radius 3 is 0.427 bits per heavy atom. The van der Waals surface area contributed by atoms with E-state index in [9.17, 15) is 121 Å². The van der Waals surface area contributed by atoms with Crippen LogP contribution in [0.1, 0.15) is 0 Å². The molecule has 6 aliphatic rings. The van der Waals surface area contributed by atoms with Crippen molar-refractivity contribution in [3.05, 3.63) is 68.5 Å². The molecule has 0 bridgehead atoms. The van der Waals surface area contributed by atoms with Gasteiger partial charge in [0.1, 0.15) is 146 Å². The van der Waals surface area contributed by atoms with E-state index >= 15 is 0 Å². The van der Waals surface area contributed by atoms with Crippen molar-refractivity contribution in [2.24, 2.45) is 0 Å². The molecule has 0 spiro atoms. The summed E-state index contributed by atoms with van der Waals surface area (Å²) >= 11 is 0. The van der Waals surface area contributed by atoms with Crippen molar-refractivity contribution in [3.8, 4) is 0 Å². The topological polar surface area (TPSA) is 742 Å². The molecule has 6 amide bonds. The number of ether oxygens (including phenoxy) is 6. The normalized spacial score (nSPS) is 36.9. The first-order valence-corrected chi connectivity index (χ1v) is 29.6. The molecule has 30 unspecified atom stereocenters. The second kappa shape index (κ2) is 49.1. The Morgan fingerprint density at radius 2 is 0.340 bits per heavy atom. The number of nitrogens with zero attached hydrogens (tertiary/aromatic N) is 6. The summed E-state index contributed by atoms with van der Waals surface area (Å²) in [5, 5.41) is 238. The van der Waals surface area contributed by atoms with Gasteiger partial charge in [0.2, 0.25) is 0 Å². The van der Waals surface area contributed by atoms with Crippen molar-refractivity contribution in [3.63, 3.8) is 0 Å². The SMILES string of the molecule is [C-]#[N+]CC(=O)NC1C(O)OC(CO)C(O)C1O.[C-]#[N+]CC(=O)NC1C(O)OC(CO)C(O)C1O.[C-]#[N+]CC(=O)NC1C(O)OC(CO)C(O)C1O.[C-]#[N+]CC(=O)NC1C(O)OC(CO)C(O)C1O.[C-]#[N+]CC(=O)NC1C(O)OC(CO)C(O)C1O.[C-]#[N+]CC(=O)NC1C(O)OC(CO)C(O)C1O.[Tc+7]. The first-order chi connectivity index (χ1) is 48.0. The van der Waals surface area contributed by atoms with Crippen LogP contribution in [-0.2, 0) is 77.3 Å². The Labute approximate surface area is 596 Å². The van der Waals surface area contributed by atoms with Gasteiger partial charge in [-0.25, -0.2) is 39.4 Å². The number of rotatable bonds is 18. The van der Waals surface area contributed by atoms with E-state index in [0.29, 0.717) is 0 Å². The fourth-order valence-electron chi connectivity index (χ4n) is 9.34. The molecule has 6 rings (SSSR count). The van der Waals surface area contributed by atoms with Gasteiger partial charge in [0.25, 0.3) is 39.3 Å². The number of hydrogen-bond acceptors (Lipinski definition) is 36. The van der Waals surface area contributed by atoms with Crippen LogP contribution in [0.2, 0.25) is 0 Å². The largest absolute Gasteiger partial charge is 7.00 e. The minimum atomic E-state index is -1.56. The van der Waals surface area contributed by atoms with Gasteiger partial charge in [-0.05, 0) is 0 Å². The molecule has 0 aromatic heterocycles. The number of carbonyl (C=O) groups is 6. The third-order valence-electron chi connectivity index (χ3n) is 14.7. The minimum Gasteiger partial charge on any atom is -0.394 e.